The van der Waals surface area contributed by atoms with Gasteiger partial charge in [0, 0.05) is 43.5 Å². The molecule has 1 atom stereocenters. The zero-order chi connectivity index (χ0) is 20.1. The Morgan fingerprint density at radius 2 is 1.75 bits per heavy atom. The van der Waals surface area contributed by atoms with Crippen LogP contribution in [0.3, 0.4) is 0 Å². The maximum Gasteiger partial charge on any atom is 0.236 e. The van der Waals surface area contributed by atoms with Crippen LogP contribution in [-0.4, -0.2) is 62.6 Å². The van der Waals surface area contributed by atoms with Crippen LogP contribution in [0.15, 0.2) is 48.5 Å². The molecular formula is C22H28FN3O2. The Hall–Kier alpha value is -2.60. The van der Waals surface area contributed by atoms with Crippen molar-refractivity contribution in [1.29, 1.82) is 0 Å². The molecule has 1 unspecified atom stereocenters. The topological polar surface area (TPSA) is 36.0 Å². The fourth-order valence-electron chi connectivity index (χ4n) is 3.51. The van der Waals surface area contributed by atoms with Gasteiger partial charge in [-0.05, 0) is 44.3 Å². The number of likely N-dealkylation sites (N-methyl/N-ethyl adjacent to an activating group) is 1. The molecule has 2 aromatic carbocycles. The van der Waals surface area contributed by atoms with Crippen molar-refractivity contribution in [3.05, 3.63) is 59.9 Å². The van der Waals surface area contributed by atoms with Crippen molar-refractivity contribution in [2.45, 2.75) is 13.0 Å². The van der Waals surface area contributed by atoms with E-state index in [1.165, 1.54) is 6.07 Å². The van der Waals surface area contributed by atoms with E-state index in [0.717, 1.165) is 24.5 Å². The molecule has 0 aliphatic carbocycles. The zero-order valence-electron chi connectivity index (χ0n) is 16.8. The van der Waals surface area contributed by atoms with Crippen molar-refractivity contribution < 1.29 is 13.9 Å². The first-order chi connectivity index (χ1) is 13.5. The molecule has 150 valence electrons. The van der Waals surface area contributed by atoms with E-state index >= 15 is 0 Å². The summed E-state index contributed by atoms with van der Waals surface area (Å²) >= 11 is 0. The van der Waals surface area contributed by atoms with E-state index in [1.807, 2.05) is 54.1 Å². The summed E-state index contributed by atoms with van der Waals surface area (Å²) in [5, 5.41) is 0. The third kappa shape index (κ3) is 4.62. The van der Waals surface area contributed by atoms with Gasteiger partial charge in [-0.1, -0.05) is 18.2 Å². The molecule has 6 heteroatoms. The summed E-state index contributed by atoms with van der Waals surface area (Å²) in [5.41, 5.74) is 1.75. The Morgan fingerprint density at radius 3 is 2.36 bits per heavy atom. The molecular weight excluding hydrogens is 357 g/mol. The van der Waals surface area contributed by atoms with Gasteiger partial charge < -0.3 is 14.5 Å². The van der Waals surface area contributed by atoms with Gasteiger partial charge in [0.25, 0.3) is 0 Å². The molecule has 1 aliphatic heterocycles. The lowest BCUT2D eigenvalue weighted by molar-refractivity contribution is -0.132. The van der Waals surface area contributed by atoms with Gasteiger partial charge in [-0.3, -0.25) is 9.69 Å². The summed E-state index contributed by atoms with van der Waals surface area (Å²) in [6.07, 6.45) is 0. The minimum absolute atomic E-state index is 0.0834. The molecule has 1 aliphatic rings. The molecule has 1 fully saturated rings. The fourth-order valence-corrected chi connectivity index (χ4v) is 3.51. The van der Waals surface area contributed by atoms with Crippen LogP contribution in [0.1, 0.15) is 18.5 Å². The van der Waals surface area contributed by atoms with Gasteiger partial charge in [0.1, 0.15) is 11.6 Å². The van der Waals surface area contributed by atoms with E-state index in [1.54, 1.807) is 19.2 Å². The Balaban J connectivity index is 1.52. The molecule has 1 heterocycles. The van der Waals surface area contributed by atoms with Gasteiger partial charge >= 0.3 is 0 Å². The fraction of sp³-hybridized carbons (Fsp3) is 0.409. The monoisotopic (exact) mass is 385 g/mol. The molecule has 3 rings (SSSR count). The highest BCUT2D eigenvalue weighted by molar-refractivity contribution is 5.78. The van der Waals surface area contributed by atoms with Crippen molar-refractivity contribution in [3.8, 4) is 5.75 Å². The van der Waals surface area contributed by atoms with Crippen molar-refractivity contribution in [2.75, 3.05) is 51.8 Å². The second kappa shape index (κ2) is 9.06. The number of methoxy groups -OCH3 is 1. The Bertz CT molecular complexity index is 789. The number of halogens is 1. The van der Waals surface area contributed by atoms with Crippen LogP contribution in [0.4, 0.5) is 10.1 Å². The van der Waals surface area contributed by atoms with E-state index in [2.05, 4.69) is 4.90 Å². The van der Waals surface area contributed by atoms with Crippen LogP contribution in [0, 0.1) is 5.82 Å². The number of carbonyl (C=O) groups excluding carboxylic acids is 1. The second-order valence-electron chi connectivity index (χ2n) is 7.18. The number of ether oxygens (including phenoxy) is 1. The molecule has 0 aromatic heterocycles. The standard InChI is InChI=1S/C22H28FN3O2/c1-17(20-6-4-5-7-21(20)23)24(2)16-22(27)26-14-12-25(13-15-26)18-8-10-19(28-3)11-9-18/h4-11,17H,12-16H2,1-3H3. The Labute approximate surface area is 166 Å². The van der Waals surface area contributed by atoms with Gasteiger partial charge in [0.15, 0.2) is 0 Å². The predicted octanol–water partition coefficient (Wildman–Crippen LogP) is 3.18. The number of amides is 1. The normalized spacial score (nSPS) is 15.6. The number of benzene rings is 2. The number of anilines is 1. The van der Waals surface area contributed by atoms with Crippen LogP contribution in [0.25, 0.3) is 0 Å². The van der Waals surface area contributed by atoms with Gasteiger partial charge in [-0.25, -0.2) is 4.39 Å². The maximum atomic E-state index is 14.0. The van der Waals surface area contributed by atoms with E-state index in [-0.39, 0.29) is 24.3 Å². The van der Waals surface area contributed by atoms with Crippen LogP contribution in [0.2, 0.25) is 0 Å². The van der Waals surface area contributed by atoms with Gasteiger partial charge in [0.2, 0.25) is 5.91 Å². The molecule has 2 aromatic rings. The first-order valence-corrected chi connectivity index (χ1v) is 9.61. The largest absolute Gasteiger partial charge is 0.497 e. The minimum Gasteiger partial charge on any atom is -0.497 e. The average molecular weight is 385 g/mol. The van der Waals surface area contributed by atoms with Crippen molar-refractivity contribution in [1.82, 2.24) is 9.80 Å². The number of hydrogen-bond donors (Lipinski definition) is 0. The molecule has 0 saturated carbocycles. The minimum atomic E-state index is -0.234. The lowest BCUT2D eigenvalue weighted by atomic mass is 10.1. The molecule has 28 heavy (non-hydrogen) atoms. The summed E-state index contributed by atoms with van der Waals surface area (Å²) < 4.78 is 19.2. The zero-order valence-corrected chi connectivity index (χ0v) is 16.8. The molecule has 0 N–H and O–H groups in total. The number of rotatable bonds is 6. The second-order valence-corrected chi connectivity index (χ2v) is 7.18. The lowest BCUT2D eigenvalue weighted by Gasteiger charge is -2.37. The SMILES string of the molecule is COc1ccc(N2CCN(C(=O)CN(C)C(C)c3ccccc3F)CC2)cc1. The third-order valence-corrected chi connectivity index (χ3v) is 5.47. The molecule has 0 spiro atoms. The van der Waals surface area contributed by atoms with Gasteiger partial charge in [-0.15, -0.1) is 0 Å². The van der Waals surface area contributed by atoms with Crippen LogP contribution < -0.4 is 9.64 Å². The first-order valence-electron chi connectivity index (χ1n) is 9.61. The molecule has 5 nitrogen and oxygen atoms in total. The Kier molecular flexibility index (Phi) is 6.52. The maximum absolute atomic E-state index is 14.0. The first kappa shape index (κ1) is 20.1. The average Bonchev–Trinajstić information content (AvgIpc) is 2.73. The van der Waals surface area contributed by atoms with E-state index < -0.39 is 0 Å². The van der Waals surface area contributed by atoms with Crippen molar-refractivity contribution >= 4 is 11.6 Å². The van der Waals surface area contributed by atoms with Crippen LogP contribution in [0.5, 0.6) is 5.75 Å². The highest BCUT2D eigenvalue weighted by Gasteiger charge is 2.24. The summed E-state index contributed by atoms with van der Waals surface area (Å²) in [6, 6.07) is 14.6. The van der Waals surface area contributed by atoms with Crippen molar-refractivity contribution in [3.63, 3.8) is 0 Å². The Morgan fingerprint density at radius 1 is 1.11 bits per heavy atom. The predicted molar refractivity (Wildman–Crippen MR) is 109 cm³/mol. The van der Waals surface area contributed by atoms with Crippen LogP contribution >= 0.6 is 0 Å². The summed E-state index contributed by atoms with van der Waals surface area (Å²) in [6.45, 7) is 5.17. The van der Waals surface area contributed by atoms with E-state index in [0.29, 0.717) is 18.7 Å². The third-order valence-electron chi connectivity index (χ3n) is 5.47. The van der Waals surface area contributed by atoms with Gasteiger partial charge in [-0.2, -0.15) is 0 Å². The summed E-state index contributed by atoms with van der Waals surface area (Å²) in [4.78, 5) is 18.8. The number of hydrogen-bond acceptors (Lipinski definition) is 4. The summed E-state index contributed by atoms with van der Waals surface area (Å²) in [7, 11) is 3.52. The van der Waals surface area contributed by atoms with E-state index in [4.69, 9.17) is 4.74 Å². The van der Waals surface area contributed by atoms with Gasteiger partial charge in [0.05, 0.1) is 13.7 Å². The number of piperazine rings is 1. The lowest BCUT2D eigenvalue weighted by Crippen LogP contribution is -2.51. The van der Waals surface area contributed by atoms with Crippen molar-refractivity contribution in [2.24, 2.45) is 0 Å². The number of nitrogens with zero attached hydrogens (tertiary/aromatic N) is 3. The highest BCUT2D eigenvalue weighted by atomic mass is 19.1. The molecule has 0 bridgehead atoms. The molecule has 1 amide bonds. The smallest absolute Gasteiger partial charge is 0.236 e. The summed E-state index contributed by atoms with van der Waals surface area (Å²) in [5.74, 6) is 0.687. The quantitative estimate of drug-likeness (QED) is 0.765. The van der Waals surface area contributed by atoms with E-state index in [9.17, 15) is 9.18 Å². The number of carbonyl (C=O) groups is 1. The molecule has 0 radical (unpaired) electrons. The molecule has 1 saturated heterocycles. The van der Waals surface area contributed by atoms with Crippen LogP contribution in [-0.2, 0) is 4.79 Å². The highest BCUT2D eigenvalue weighted by Crippen LogP contribution is 2.23.